The highest BCUT2D eigenvalue weighted by atomic mass is 16.5. The van der Waals surface area contributed by atoms with Crippen LogP contribution in [0.25, 0.3) is 0 Å². The summed E-state index contributed by atoms with van der Waals surface area (Å²) in [5.41, 5.74) is 2.27. The zero-order valence-corrected chi connectivity index (χ0v) is 8.85. The second-order valence-electron chi connectivity index (χ2n) is 2.96. The van der Waals surface area contributed by atoms with Gasteiger partial charge in [-0.05, 0) is 37.6 Å². The zero-order valence-electron chi connectivity index (χ0n) is 8.85. The molecule has 74 valence electrons. The van der Waals surface area contributed by atoms with Crippen LogP contribution in [0.3, 0.4) is 0 Å². The summed E-state index contributed by atoms with van der Waals surface area (Å²) >= 11 is 0. The predicted molar refractivity (Wildman–Crippen MR) is 59.7 cm³/mol. The number of aryl methyl sites for hydroxylation is 1. The van der Waals surface area contributed by atoms with E-state index in [1.807, 2.05) is 32.0 Å². The quantitative estimate of drug-likeness (QED) is 0.737. The minimum atomic E-state index is 0.684. The smallest absolute Gasteiger partial charge is 0.119 e. The summed E-state index contributed by atoms with van der Waals surface area (Å²) in [6.07, 6.45) is 0. The van der Waals surface area contributed by atoms with E-state index in [9.17, 15) is 0 Å². The van der Waals surface area contributed by atoms with Crippen molar-refractivity contribution < 1.29 is 4.74 Å². The van der Waals surface area contributed by atoms with Gasteiger partial charge in [-0.1, -0.05) is 5.92 Å². The van der Waals surface area contributed by atoms with E-state index < -0.39 is 0 Å². The normalized spacial score (nSPS) is 8.79. The molecule has 0 atom stereocenters. The summed E-state index contributed by atoms with van der Waals surface area (Å²) in [4.78, 5) is 0. The second-order valence-corrected chi connectivity index (χ2v) is 2.96. The zero-order chi connectivity index (χ0) is 10.4. The molecule has 1 rings (SSSR count). The molecule has 14 heavy (non-hydrogen) atoms. The molecular formula is C12H15NO. The number of benzene rings is 1. The first-order valence-electron chi connectivity index (χ1n) is 4.56. The SMILES string of the molecule is CC#CCNc1ccc(OC)cc1C. The first-order chi connectivity index (χ1) is 6.77. The molecule has 2 nitrogen and oxygen atoms in total. The van der Waals surface area contributed by atoms with E-state index in [1.54, 1.807) is 7.11 Å². The highest BCUT2D eigenvalue weighted by molar-refractivity contribution is 5.54. The highest BCUT2D eigenvalue weighted by Gasteiger charge is 1.97. The van der Waals surface area contributed by atoms with Crippen molar-refractivity contribution in [3.8, 4) is 17.6 Å². The van der Waals surface area contributed by atoms with Crippen LogP contribution >= 0.6 is 0 Å². The molecule has 0 saturated carbocycles. The Labute approximate surface area is 85.3 Å². The minimum Gasteiger partial charge on any atom is -0.497 e. The summed E-state index contributed by atoms with van der Waals surface area (Å²) < 4.78 is 5.12. The van der Waals surface area contributed by atoms with E-state index in [-0.39, 0.29) is 0 Å². The van der Waals surface area contributed by atoms with Gasteiger partial charge in [-0.2, -0.15) is 0 Å². The van der Waals surface area contributed by atoms with E-state index in [1.165, 1.54) is 5.56 Å². The maximum absolute atomic E-state index is 5.12. The van der Waals surface area contributed by atoms with Crippen LogP contribution in [-0.2, 0) is 0 Å². The third kappa shape index (κ3) is 2.70. The van der Waals surface area contributed by atoms with E-state index in [4.69, 9.17) is 4.74 Å². The van der Waals surface area contributed by atoms with Gasteiger partial charge in [0.25, 0.3) is 0 Å². The molecule has 0 unspecified atom stereocenters. The molecule has 0 amide bonds. The van der Waals surface area contributed by atoms with Crippen LogP contribution < -0.4 is 10.1 Å². The Kier molecular flexibility index (Phi) is 3.87. The minimum absolute atomic E-state index is 0.684. The van der Waals surface area contributed by atoms with Crippen LogP contribution in [-0.4, -0.2) is 13.7 Å². The Hall–Kier alpha value is -1.62. The monoisotopic (exact) mass is 189 g/mol. The second kappa shape index (κ2) is 5.18. The molecular weight excluding hydrogens is 174 g/mol. The van der Waals surface area contributed by atoms with E-state index in [0.717, 1.165) is 11.4 Å². The van der Waals surface area contributed by atoms with Crippen molar-refractivity contribution in [1.29, 1.82) is 0 Å². The Morgan fingerprint density at radius 3 is 2.79 bits per heavy atom. The van der Waals surface area contributed by atoms with Crippen LogP contribution in [0.4, 0.5) is 5.69 Å². The summed E-state index contributed by atoms with van der Waals surface area (Å²) in [6, 6.07) is 5.95. The fraction of sp³-hybridized carbons (Fsp3) is 0.333. The van der Waals surface area contributed by atoms with Gasteiger partial charge in [0.05, 0.1) is 13.7 Å². The molecule has 0 aliphatic carbocycles. The fourth-order valence-electron chi connectivity index (χ4n) is 1.19. The summed E-state index contributed by atoms with van der Waals surface area (Å²) in [6.45, 7) is 4.57. The van der Waals surface area contributed by atoms with Gasteiger partial charge < -0.3 is 10.1 Å². The predicted octanol–water partition coefficient (Wildman–Crippen LogP) is 2.44. The maximum atomic E-state index is 5.12. The Morgan fingerprint density at radius 2 is 2.21 bits per heavy atom. The van der Waals surface area contributed by atoms with E-state index in [2.05, 4.69) is 17.2 Å². The van der Waals surface area contributed by atoms with Crippen molar-refractivity contribution >= 4 is 5.69 Å². The number of anilines is 1. The summed E-state index contributed by atoms with van der Waals surface area (Å²) in [5, 5.41) is 3.24. The number of ether oxygens (including phenoxy) is 1. The lowest BCUT2D eigenvalue weighted by Crippen LogP contribution is -2.00. The number of methoxy groups -OCH3 is 1. The van der Waals surface area contributed by atoms with Crippen LogP contribution in [0.5, 0.6) is 5.75 Å². The van der Waals surface area contributed by atoms with Crippen LogP contribution in [0.15, 0.2) is 18.2 Å². The van der Waals surface area contributed by atoms with Gasteiger partial charge in [0, 0.05) is 5.69 Å². The van der Waals surface area contributed by atoms with Crippen molar-refractivity contribution in [2.75, 3.05) is 19.0 Å². The van der Waals surface area contributed by atoms with Gasteiger partial charge in [0.1, 0.15) is 5.75 Å². The Balaban J connectivity index is 2.71. The van der Waals surface area contributed by atoms with Gasteiger partial charge in [0.2, 0.25) is 0 Å². The molecule has 0 radical (unpaired) electrons. The molecule has 1 N–H and O–H groups in total. The highest BCUT2D eigenvalue weighted by Crippen LogP contribution is 2.20. The molecule has 1 aromatic rings. The lowest BCUT2D eigenvalue weighted by Gasteiger charge is -2.08. The number of hydrogen-bond acceptors (Lipinski definition) is 2. The van der Waals surface area contributed by atoms with Crippen molar-refractivity contribution in [2.45, 2.75) is 13.8 Å². The fourth-order valence-corrected chi connectivity index (χ4v) is 1.19. The number of nitrogens with one attached hydrogen (secondary N) is 1. The van der Waals surface area contributed by atoms with Crippen molar-refractivity contribution in [2.24, 2.45) is 0 Å². The van der Waals surface area contributed by atoms with Gasteiger partial charge in [-0.3, -0.25) is 0 Å². The lowest BCUT2D eigenvalue weighted by atomic mass is 10.2. The van der Waals surface area contributed by atoms with E-state index in [0.29, 0.717) is 6.54 Å². The van der Waals surface area contributed by atoms with Gasteiger partial charge in [0.15, 0.2) is 0 Å². The van der Waals surface area contributed by atoms with Crippen LogP contribution in [0.1, 0.15) is 12.5 Å². The van der Waals surface area contributed by atoms with Gasteiger partial charge in [-0.25, -0.2) is 0 Å². The molecule has 0 aliphatic heterocycles. The molecule has 0 spiro atoms. The molecule has 1 aromatic carbocycles. The maximum Gasteiger partial charge on any atom is 0.119 e. The van der Waals surface area contributed by atoms with Crippen molar-refractivity contribution in [3.05, 3.63) is 23.8 Å². The summed E-state index contributed by atoms with van der Waals surface area (Å²) in [5.74, 6) is 6.69. The largest absolute Gasteiger partial charge is 0.497 e. The molecule has 2 heteroatoms. The van der Waals surface area contributed by atoms with Gasteiger partial charge in [-0.15, -0.1) is 5.92 Å². The molecule has 0 heterocycles. The first kappa shape index (κ1) is 10.5. The summed E-state index contributed by atoms with van der Waals surface area (Å²) in [7, 11) is 1.67. The third-order valence-electron chi connectivity index (χ3n) is 1.98. The molecule has 0 bridgehead atoms. The van der Waals surface area contributed by atoms with Crippen molar-refractivity contribution in [3.63, 3.8) is 0 Å². The number of rotatable bonds is 3. The lowest BCUT2D eigenvalue weighted by molar-refractivity contribution is 0.414. The average molecular weight is 189 g/mol. The molecule has 0 aliphatic rings. The Morgan fingerprint density at radius 1 is 1.43 bits per heavy atom. The van der Waals surface area contributed by atoms with Gasteiger partial charge >= 0.3 is 0 Å². The Bertz CT molecular complexity index is 360. The standard InChI is InChI=1S/C12H15NO/c1-4-5-8-13-12-7-6-11(14-3)9-10(12)2/h6-7,9,13H,8H2,1-3H3. The molecule has 0 aromatic heterocycles. The van der Waals surface area contributed by atoms with Crippen LogP contribution in [0, 0.1) is 18.8 Å². The van der Waals surface area contributed by atoms with E-state index >= 15 is 0 Å². The molecule has 0 fully saturated rings. The third-order valence-corrected chi connectivity index (χ3v) is 1.98. The van der Waals surface area contributed by atoms with Crippen LogP contribution in [0.2, 0.25) is 0 Å². The first-order valence-corrected chi connectivity index (χ1v) is 4.56. The number of hydrogen-bond donors (Lipinski definition) is 1. The van der Waals surface area contributed by atoms with Crippen molar-refractivity contribution in [1.82, 2.24) is 0 Å². The topological polar surface area (TPSA) is 21.3 Å². The average Bonchev–Trinajstić information content (AvgIpc) is 2.20. The molecule has 0 saturated heterocycles.